The molecule has 2 aromatic carbocycles. The van der Waals surface area contributed by atoms with Gasteiger partial charge >= 0.3 is 0 Å². The molecule has 1 aromatic heterocycles. The summed E-state index contributed by atoms with van der Waals surface area (Å²) in [4.78, 5) is 29.9. The largest absolute Gasteiger partial charge is 0.361 e. The van der Waals surface area contributed by atoms with E-state index in [1.807, 2.05) is 29.2 Å². The standard InChI is InChI=1S/C24H27N3O2/c28-23(11-6-14-25-24(29)19-7-2-1-3-8-19)27-15-12-18(13-16-27)21-17-26-22-10-5-4-9-20(21)22/h1-5,7-10,17-18,26H,6,11-16H2,(H,25,29). The Morgan fingerprint density at radius 3 is 2.52 bits per heavy atom. The highest BCUT2D eigenvalue weighted by atomic mass is 16.2. The second-order valence-corrected chi connectivity index (χ2v) is 7.67. The number of nitrogens with one attached hydrogen (secondary N) is 2. The molecule has 5 heteroatoms. The highest BCUT2D eigenvalue weighted by Gasteiger charge is 2.25. The number of aromatic amines is 1. The van der Waals surface area contributed by atoms with Crippen molar-refractivity contribution in [1.82, 2.24) is 15.2 Å². The zero-order valence-electron chi connectivity index (χ0n) is 16.6. The smallest absolute Gasteiger partial charge is 0.251 e. The third kappa shape index (κ3) is 4.50. The normalized spacial score (nSPS) is 14.8. The molecule has 2 amide bonds. The average Bonchev–Trinajstić information content (AvgIpc) is 3.21. The lowest BCUT2D eigenvalue weighted by Gasteiger charge is -2.32. The molecule has 1 aliphatic rings. The van der Waals surface area contributed by atoms with Crippen LogP contribution < -0.4 is 5.32 Å². The van der Waals surface area contributed by atoms with Crippen molar-refractivity contribution in [2.45, 2.75) is 31.6 Å². The molecule has 3 aromatic rings. The summed E-state index contributed by atoms with van der Waals surface area (Å²) in [6.07, 6.45) is 5.27. The molecule has 0 radical (unpaired) electrons. The number of para-hydroxylation sites is 1. The number of rotatable bonds is 6. The van der Waals surface area contributed by atoms with Crippen LogP contribution >= 0.6 is 0 Å². The molecule has 2 N–H and O–H groups in total. The maximum Gasteiger partial charge on any atom is 0.251 e. The zero-order chi connectivity index (χ0) is 20.1. The number of aromatic nitrogens is 1. The van der Waals surface area contributed by atoms with Gasteiger partial charge in [0.05, 0.1) is 0 Å². The van der Waals surface area contributed by atoms with Crippen molar-refractivity contribution in [3.05, 3.63) is 71.9 Å². The molecule has 0 atom stereocenters. The van der Waals surface area contributed by atoms with Gasteiger partial charge in [0.15, 0.2) is 0 Å². The van der Waals surface area contributed by atoms with Crippen molar-refractivity contribution < 1.29 is 9.59 Å². The molecule has 4 rings (SSSR count). The van der Waals surface area contributed by atoms with Crippen molar-refractivity contribution in [1.29, 1.82) is 0 Å². The molecule has 0 unspecified atom stereocenters. The molecule has 0 spiro atoms. The second-order valence-electron chi connectivity index (χ2n) is 7.67. The summed E-state index contributed by atoms with van der Waals surface area (Å²) >= 11 is 0. The summed E-state index contributed by atoms with van der Waals surface area (Å²) < 4.78 is 0. The predicted molar refractivity (Wildman–Crippen MR) is 115 cm³/mol. The Kier molecular flexibility index (Phi) is 5.94. The van der Waals surface area contributed by atoms with Gasteiger partial charge in [-0.2, -0.15) is 0 Å². The number of benzene rings is 2. The van der Waals surface area contributed by atoms with E-state index in [1.54, 1.807) is 12.1 Å². The zero-order valence-corrected chi connectivity index (χ0v) is 16.6. The third-order valence-electron chi connectivity index (χ3n) is 5.80. The van der Waals surface area contributed by atoms with Crippen LogP contribution in [0, 0.1) is 0 Å². The van der Waals surface area contributed by atoms with Gasteiger partial charge in [0.25, 0.3) is 5.91 Å². The lowest BCUT2D eigenvalue weighted by molar-refractivity contribution is -0.132. The van der Waals surface area contributed by atoms with E-state index >= 15 is 0 Å². The quantitative estimate of drug-likeness (QED) is 0.624. The fourth-order valence-electron chi connectivity index (χ4n) is 4.16. The van der Waals surface area contributed by atoms with Crippen LogP contribution in [0.1, 0.15) is 47.5 Å². The summed E-state index contributed by atoms with van der Waals surface area (Å²) in [5, 5.41) is 4.18. The minimum absolute atomic E-state index is 0.0856. The molecule has 5 nitrogen and oxygen atoms in total. The van der Waals surface area contributed by atoms with Gasteiger partial charge in [-0.1, -0.05) is 36.4 Å². The van der Waals surface area contributed by atoms with Crippen LogP contribution in [0.15, 0.2) is 60.8 Å². The van der Waals surface area contributed by atoms with Crippen LogP contribution in [0.5, 0.6) is 0 Å². The van der Waals surface area contributed by atoms with Gasteiger partial charge in [-0.05, 0) is 48.9 Å². The fourth-order valence-corrected chi connectivity index (χ4v) is 4.16. The first-order valence-electron chi connectivity index (χ1n) is 10.4. The molecular weight excluding hydrogens is 362 g/mol. The van der Waals surface area contributed by atoms with E-state index in [0.29, 0.717) is 30.9 Å². The van der Waals surface area contributed by atoms with Crippen molar-refractivity contribution in [3.63, 3.8) is 0 Å². The lowest BCUT2D eigenvalue weighted by Crippen LogP contribution is -2.38. The maximum absolute atomic E-state index is 12.5. The average molecular weight is 389 g/mol. The molecule has 29 heavy (non-hydrogen) atoms. The summed E-state index contributed by atoms with van der Waals surface area (Å²) in [5.41, 5.74) is 3.20. The topological polar surface area (TPSA) is 65.2 Å². The summed E-state index contributed by atoms with van der Waals surface area (Å²) in [5.74, 6) is 0.606. The van der Waals surface area contributed by atoms with Crippen LogP contribution in [0.4, 0.5) is 0 Å². The molecule has 0 aliphatic carbocycles. The first-order chi connectivity index (χ1) is 14.2. The van der Waals surface area contributed by atoms with E-state index in [4.69, 9.17) is 0 Å². The van der Waals surface area contributed by atoms with Crippen molar-refractivity contribution >= 4 is 22.7 Å². The van der Waals surface area contributed by atoms with Crippen LogP contribution in [-0.2, 0) is 4.79 Å². The number of nitrogens with zero attached hydrogens (tertiary/aromatic N) is 1. The van der Waals surface area contributed by atoms with Gasteiger partial charge in [-0.15, -0.1) is 0 Å². The summed E-state index contributed by atoms with van der Waals surface area (Å²) in [7, 11) is 0. The van der Waals surface area contributed by atoms with Gasteiger partial charge in [0.1, 0.15) is 0 Å². The fraction of sp³-hybridized carbons (Fsp3) is 0.333. The number of carbonyl (C=O) groups excluding carboxylic acids is 2. The Morgan fingerprint density at radius 1 is 1.00 bits per heavy atom. The van der Waals surface area contributed by atoms with Gasteiger partial charge in [0.2, 0.25) is 5.91 Å². The van der Waals surface area contributed by atoms with E-state index in [2.05, 4.69) is 34.7 Å². The Bertz CT molecular complexity index is 972. The highest BCUT2D eigenvalue weighted by Crippen LogP contribution is 2.33. The highest BCUT2D eigenvalue weighted by molar-refractivity contribution is 5.94. The molecule has 1 saturated heterocycles. The minimum atomic E-state index is -0.0856. The molecule has 1 fully saturated rings. The first-order valence-corrected chi connectivity index (χ1v) is 10.4. The predicted octanol–water partition coefficient (Wildman–Crippen LogP) is 4.08. The van der Waals surface area contributed by atoms with Gasteiger partial charge in [0, 0.05) is 48.7 Å². The number of carbonyl (C=O) groups is 2. The van der Waals surface area contributed by atoms with E-state index in [-0.39, 0.29) is 11.8 Å². The second kappa shape index (κ2) is 8.95. The first kappa shape index (κ1) is 19.2. The number of H-pyrrole nitrogens is 1. The maximum atomic E-state index is 12.5. The van der Waals surface area contributed by atoms with E-state index in [0.717, 1.165) is 25.9 Å². The van der Waals surface area contributed by atoms with Crippen molar-refractivity contribution in [2.75, 3.05) is 19.6 Å². The van der Waals surface area contributed by atoms with Gasteiger partial charge in [-0.3, -0.25) is 9.59 Å². The van der Waals surface area contributed by atoms with Crippen LogP contribution in [0.2, 0.25) is 0 Å². The van der Waals surface area contributed by atoms with Crippen LogP contribution in [0.25, 0.3) is 10.9 Å². The molecule has 0 saturated carbocycles. The summed E-state index contributed by atoms with van der Waals surface area (Å²) in [6.45, 7) is 2.13. The van der Waals surface area contributed by atoms with Gasteiger partial charge < -0.3 is 15.2 Å². The third-order valence-corrected chi connectivity index (χ3v) is 5.80. The molecular formula is C24H27N3O2. The van der Waals surface area contributed by atoms with Crippen molar-refractivity contribution in [3.8, 4) is 0 Å². The Labute approximate surface area is 171 Å². The SMILES string of the molecule is O=C(NCCCC(=O)N1CCC(c2c[nH]c3ccccc23)CC1)c1ccccc1. The van der Waals surface area contributed by atoms with E-state index in [9.17, 15) is 9.59 Å². The minimum Gasteiger partial charge on any atom is -0.361 e. The number of hydrogen-bond donors (Lipinski definition) is 2. The number of fused-ring (bicyclic) bond motifs is 1. The van der Waals surface area contributed by atoms with E-state index < -0.39 is 0 Å². The van der Waals surface area contributed by atoms with E-state index in [1.165, 1.54) is 16.5 Å². The Morgan fingerprint density at radius 2 is 1.72 bits per heavy atom. The number of hydrogen-bond acceptors (Lipinski definition) is 2. The lowest BCUT2D eigenvalue weighted by atomic mass is 9.89. The molecule has 150 valence electrons. The number of amides is 2. The molecule has 0 bridgehead atoms. The molecule has 1 aliphatic heterocycles. The molecule has 2 heterocycles. The van der Waals surface area contributed by atoms with Crippen molar-refractivity contribution in [2.24, 2.45) is 0 Å². The Hall–Kier alpha value is -3.08. The number of likely N-dealkylation sites (tertiary alicyclic amines) is 1. The monoisotopic (exact) mass is 389 g/mol. The number of piperidine rings is 1. The van der Waals surface area contributed by atoms with Crippen LogP contribution in [-0.4, -0.2) is 41.3 Å². The van der Waals surface area contributed by atoms with Gasteiger partial charge in [-0.25, -0.2) is 0 Å². The Balaban J connectivity index is 1.21. The summed E-state index contributed by atoms with van der Waals surface area (Å²) in [6, 6.07) is 17.6. The van der Waals surface area contributed by atoms with Crippen LogP contribution in [0.3, 0.4) is 0 Å².